The van der Waals surface area contributed by atoms with E-state index in [-0.39, 0.29) is 0 Å². The van der Waals surface area contributed by atoms with Crippen molar-refractivity contribution in [1.29, 1.82) is 0 Å². The fraction of sp³-hybridized carbons (Fsp3) is 0.167. The molecule has 1 aliphatic heterocycles. The topological polar surface area (TPSA) is 43.1 Å². The zero-order chi connectivity index (χ0) is 17.6. The first-order valence-electron chi connectivity index (χ1n) is 7.66. The molecule has 0 radical (unpaired) electrons. The minimum Gasteiger partial charge on any atom is -0.315 e. The van der Waals surface area contributed by atoms with Crippen molar-refractivity contribution in [3.05, 3.63) is 77.1 Å². The minimum atomic E-state index is -4.56. The molecule has 25 heavy (non-hydrogen) atoms. The van der Waals surface area contributed by atoms with Gasteiger partial charge in [-0.3, -0.25) is 4.99 Å². The Labute approximate surface area is 141 Å². The summed E-state index contributed by atoms with van der Waals surface area (Å²) < 4.78 is 40.0. The second kappa shape index (κ2) is 5.54. The van der Waals surface area contributed by atoms with Crippen LogP contribution in [0.15, 0.2) is 53.9 Å². The van der Waals surface area contributed by atoms with E-state index < -0.39 is 12.0 Å². The Kier molecular flexibility index (Phi) is 3.45. The Morgan fingerprint density at radius 1 is 1.04 bits per heavy atom. The predicted octanol–water partition coefficient (Wildman–Crippen LogP) is 3.95. The molecule has 1 aliphatic rings. The Balaban J connectivity index is 1.84. The van der Waals surface area contributed by atoms with Crippen molar-refractivity contribution in [1.82, 2.24) is 14.5 Å². The highest BCUT2D eigenvalue weighted by Crippen LogP contribution is 2.28. The van der Waals surface area contributed by atoms with Crippen LogP contribution in [-0.2, 0) is 12.7 Å². The number of fused-ring (bicyclic) bond motifs is 3. The van der Waals surface area contributed by atoms with E-state index in [4.69, 9.17) is 0 Å². The van der Waals surface area contributed by atoms with Gasteiger partial charge in [0, 0.05) is 29.7 Å². The van der Waals surface area contributed by atoms with Gasteiger partial charge in [0.05, 0.1) is 23.6 Å². The molecule has 126 valence electrons. The summed E-state index contributed by atoms with van der Waals surface area (Å²) >= 11 is 0. The number of aryl methyl sites for hydroxylation is 1. The van der Waals surface area contributed by atoms with Crippen molar-refractivity contribution in [2.45, 2.75) is 19.6 Å². The molecular weight excluding hydrogens is 329 g/mol. The Morgan fingerprint density at radius 2 is 1.80 bits per heavy atom. The van der Waals surface area contributed by atoms with Crippen LogP contribution in [-0.4, -0.2) is 20.2 Å². The molecule has 0 saturated heterocycles. The smallest absolute Gasteiger partial charge is 0.315 e. The SMILES string of the molecule is Cc1cccc2c1CN=C(c1cnc(C(F)(F)F)nc1)c1cccn1-2. The Hall–Kier alpha value is -2.96. The fourth-order valence-corrected chi connectivity index (χ4v) is 2.98. The van der Waals surface area contributed by atoms with E-state index in [1.165, 1.54) is 12.4 Å². The van der Waals surface area contributed by atoms with Crippen LogP contribution in [0.2, 0.25) is 0 Å². The molecule has 4 nitrogen and oxygen atoms in total. The number of aliphatic imine (C=N–C) groups is 1. The standard InChI is InChI=1S/C18H13F3N4/c1-11-4-2-5-14-13(11)10-22-16(15-6-3-7-25(14)15)12-8-23-17(24-9-12)18(19,20)21/h2-9H,10H2,1H3. The van der Waals surface area contributed by atoms with E-state index >= 15 is 0 Å². The maximum Gasteiger partial charge on any atom is 0.451 e. The molecule has 0 saturated carbocycles. The van der Waals surface area contributed by atoms with Gasteiger partial charge in [-0.25, -0.2) is 9.97 Å². The summed E-state index contributed by atoms with van der Waals surface area (Å²) in [5, 5.41) is 0. The molecular formula is C18H13F3N4. The van der Waals surface area contributed by atoms with Gasteiger partial charge in [0.25, 0.3) is 0 Å². The van der Waals surface area contributed by atoms with Crippen molar-refractivity contribution >= 4 is 5.71 Å². The summed E-state index contributed by atoms with van der Waals surface area (Å²) in [6.07, 6.45) is -0.291. The van der Waals surface area contributed by atoms with Gasteiger partial charge in [-0.1, -0.05) is 12.1 Å². The average Bonchev–Trinajstić information content (AvgIpc) is 2.99. The van der Waals surface area contributed by atoms with E-state index in [1.807, 2.05) is 48.0 Å². The predicted molar refractivity (Wildman–Crippen MR) is 86.9 cm³/mol. The molecule has 7 heteroatoms. The Morgan fingerprint density at radius 3 is 2.52 bits per heavy atom. The molecule has 2 aromatic heterocycles. The van der Waals surface area contributed by atoms with Crippen LogP contribution in [0, 0.1) is 6.92 Å². The van der Waals surface area contributed by atoms with Gasteiger partial charge in [-0.15, -0.1) is 0 Å². The highest BCUT2D eigenvalue weighted by atomic mass is 19.4. The molecule has 0 fully saturated rings. The van der Waals surface area contributed by atoms with Gasteiger partial charge in [0.2, 0.25) is 5.82 Å². The van der Waals surface area contributed by atoms with E-state index in [9.17, 15) is 13.2 Å². The third-order valence-electron chi connectivity index (χ3n) is 4.21. The van der Waals surface area contributed by atoms with Crippen LogP contribution in [0.25, 0.3) is 5.69 Å². The number of rotatable bonds is 1. The largest absolute Gasteiger partial charge is 0.451 e. The lowest BCUT2D eigenvalue weighted by Crippen LogP contribution is -2.14. The lowest BCUT2D eigenvalue weighted by atomic mass is 10.1. The molecule has 0 bridgehead atoms. The van der Waals surface area contributed by atoms with Crippen LogP contribution >= 0.6 is 0 Å². The summed E-state index contributed by atoms with van der Waals surface area (Å²) in [5.41, 5.74) is 5.06. The van der Waals surface area contributed by atoms with Crippen LogP contribution in [0.5, 0.6) is 0 Å². The van der Waals surface area contributed by atoms with E-state index in [1.54, 1.807) is 0 Å². The first-order chi connectivity index (χ1) is 11.9. The number of alkyl halides is 3. The van der Waals surface area contributed by atoms with Gasteiger partial charge in [-0.05, 0) is 30.7 Å². The fourth-order valence-electron chi connectivity index (χ4n) is 2.98. The van der Waals surface area contributed by atoms with Crippen molar-refractivity contribution < 1.29 is 13.2 Å². The van der Waals surface area contributed by atoms with Gasteiger partial charge in [0.1, 0.15) is 0 Å². The van der Waals surface area contributed by atoms with Crippen molar-refractivity contribution in [3.63, 3.8) is 0 Å². The quantitative estimate of drug-likeness (QED) is 0.672. The summed E-state index contributed by atoms with van der Waals surface area (Å²) in [4.78, 5) is 11.5. The monoisotopic (exact) mass is 342 g/mol. The molecule has 0 N–H and O–H groups in total. The summed E-state index contributed by atoms with van der Waals surface area (Å²) in [7, 11) is 0. The first kappa shape index (κ1) is 15.6. The normalized spacial score (nSPS) is 13.7. The van der Waals surface area contributed by atoms with Gasteiger partial charge in [-0.2, -0.15) is 13.2 Å². The van der Waals surface area contributed by atoms with Crippen molar-refractivity contribution in [3.8, 4) is 5.69 Å². The lowest BCUT2D eigenvalue weighted by Gasteiger charge is -2.12. The summed E-state index contributed by atoms with van der Waals surface area (Å²) in [5.74, 6) is -1.15. The zero-order valence-corrected chi connectivity index (χ0v) is 13.2. The third kappa shape index (κ3) is 2.61. The average molecular weight is 342 g/mol. The van der Waals surface area contributed by atoms with Crippen molar-refractivity contribution in [2.75, 3.05) is 0 Å². The molecule has 3 aromatic rings. The molecule has 4 rings (SSSR count). The maximum atomic E-state index is 12.7. The van der Waals surface area contributed by atoms with Gasteiger partial charge in [0.15, 0.2) is 0 Å². The van der Waals surface area contributed by atoms with E-state index in [0.29, 0.717) is 17.8 Å². The second-order valence-corrected chi connectivity index (χ2v) is 5.79. The number of halogens is 3. The molecule has 1 aromatic carbocycles. The maximum absolute atomic E-state index is 12.7. The minimum absolute atomic E-state index is 0.444. The van der Waals surface area contributed by atoms with E-state index in [0.717, 1.165) is 22.5 Å². The molecule has 0 aliphatic carbocycles. The van der Waals surface area contributed by atoms with Gasteiger partial charge < -0.3 is 4.57 Å². The van der Waals surface area contributed by atoms with E-state index in [2.05, 4.69) is 15.0 Å². The number of benzene rings is 1. The number of hydrogen-bond donors (Lipinski definition) is 0. The van der Waals surface area contributed by atoms with Crippen LogP contribution in [0.1, 0.15) is 28.2 Å². The first-order valence-corrected chi connectivity index (χ1v) is 7.66. The number of aromatic nitrogens is 3. The lowest BCUT2D eigenvalue weighted by molar-refractivity contribution is -0.145. The van der Waals surface area contributed by atoms with Gasteiger partial charge >= 0.3 is 6.18 Å². The van der Waals surface area contributed by atoms with Crippen LogP contribution < -0.4 is 0 Å². The number of nitrogens with zero attached hydrogens (tertiary/aromatic N) is 4. The van der Waals surface area contributed by atoms with Crippen LogP contribution in [0.4, 0.5) is 13.2 Å². The Bertz CT molecular complexity index is 969. The molecule has 0 unspecified atom stereocenters. The molecule has 0 atom stereocenters. The molecule has 0 amide bonds. The number of hydrogen-bond acceptors (Lipinski definition) is 3. The summed E-state index contributed by atoms with van der Waals surface area (Å²) in [6, 6.07) is 9.77. The second-order valence-electron chi connectivity index (χ2n) is 5.79. The van der Waals surface area contributed by atoms with Crippen LogP contribution in [0.3, 0.4) is 0 Å². The third-order valence-corrected chi connectivity index (χ3v) is 4.21. The highest BCUT2D eigenvalue weighted by Gasteiger charge is 2.34. The molecule has 3 heterocycles. The summed E-state index contributed by atoms with van der Waals surface area (Å²) in [6.45, 7) is 2.46. The van der Waals surface area contributed by atoms with Crippen molar-refractivity contribution in [2.24, 2.45) is 4.99 Å². The molecule has 0 spiro atoms. The zero-order valence-electron chi connectivity index (χ0n) is 13.2. The highest BCUT2D eigenvalue weighted by molar-refractivity contribution is 6.12.